The monoisotopic (exact) mass is 488 g/mol. The average molecular weight is 489 g/mol. The van der Waals surface area contributed by atoms with Gasteiger partial charge in [-0.1, -0.05) is 24.3 Å². The summed E-state index contributed by atoms with van der Waals surface area (Å²) in [6.45, 7) is 3.05. The van der Waals surface area contributed by atoms with Crippen LogP contribution in [0.15, 0.2) is 53.5 Å². The fourth-order valence-corrected chi connectivity index (χ4v) is 4.22. The number of carbonyl (C=O) groups is 1. The van der Waals surface area contributed by atoms with Crippen molar-refractivity contribution in [3.05, 3.63) is 92.9 Å². The Kier molecular flexibility index (Phi) is 6.43. The molecule has 3 heterocycles. The number of anilines is 1. The number of nitrogens with zero attached hydrogens (tertiary/aromatic N) is 4. The van der Waals surface area contributed by atoms with E-state index in [0.29, 0.717) is 42.1 Å². The minimum Gasteiger partial charge on any atom is -0.380 e. The molecular weight excluding hydrogens is 463 g/mol. The topological polar surface area (TPSA) is 113 Å². The zero-order valence-corrected chi connectivity index (χ0v) is 19.9. The Morgan fingerprint density at radius 3 is 2.83 bits per heavy atom. The first-order valence-electron chi connectivity index (χ1n) is 11.6. The Morgan fingerprint density at radius 1 is 1.22 bits per heavy atom. The van der Waals surface area contributed by atoms with Gasteiger partial charge in [0.1, 0.15) is 5.82 Å². The van der Waals surface area contributed by atoms with Crippen LogP contribution in [-0.4, -0.2) is 50.7 Å². The third-order valence-corrected chi connectivity index (χ3v) is 6.30. The van der Waals surface area contributed by atoms with Crippen LogP contribution in [0.2, 0.25) is 0 Å². The molecule has 1 aliphatic rings. The molecule has 36 heavy (non-hydrogen) atoms. The highest BCUT2D eigenvalue weighted by Crippen LogP contribution is 2.25. The molecule has 0 bridgehead atoms. The molecule has 9 nitrogen and oxygen atoms in total. The van der Waals surface area contributed by atoms with Crippen LogP contribution < -0.4 is 10.9 Å². The number of methoxy groups -OCH3 is 1. The number of carbonyl (C=O) groups excluding carboxylic acids is 1. The van der Waals surface area contributed by atoms with E-state index in [9.17, 15) is 14.0 Å². The second-order valence-electron chi connectivity index (χ2n) is 8.79. The van der Waals surface area contributed by atoms with Crippen molar-refractivity contribution in [2.45, 2.75) is 32.5 Å². The molecule has 0 radical (unpaired) electrons. The van der Waals surface area contributed by atoms with Gasteiger partial charge in [0.15, 0.2) is 0 Å². The van der Waals surface area contributed by atoms with E-state index < -0.39 is 11.7 Å². The number of nitrogens with one attached hydrogen (secondary N) is 2. The van der Waals surface area contributed by atoms with Crippen LogP contribution in [0.4, 0.5) is 10.3 Å². The zero-order valence-electron chi connectivity index (χ0n) is 19.9. The van der Waals surface area contributed by atoms with E-state index >= 15 is 0 Å². The molecule has 4 aromatic rings. The van der Waals surface area contributed by atoms with E-state index in [1.165, 1.54) is 6.07 Å². The van der Waals surface area contributed by atoms with E-state index in [2.05, 4.69) is 25.5 Å². The van der Waals surface area contributed by atoms with Gasteiger partial charge in [0.2, 0.25) is 5.95 Å². The quantitative estimate of drug-likeness (QED) is 0.411. The van der Waals surface area contributed by atoms with Crippen molar-refractivity contribution in [3.63, 3.8) is 0 Å². The number of hydrogen-bond acceptors (Lipinski definition) is 7. The highest BCUT2D eigenvalue weighted by Gasteiger charge is 2.28. The number of hydrogen-bond donors (Lipinski definition) is 2. The van der Waals surface area contributed by atoms with E-state index in [-0.39, 0.29) is 23.8 Å². The summed E-state index contributed by atoms with van der Waals surface area (Å²) in [6, 6.07) is 11.6. The number of aromatic amines is 1. The summed E-state index contributed by atoms with van der Waals surface area (Å²) < 4.78 is 20.0. The molecule has 0 spiro atoms. The molecule has 0 fully saturated rings. The molecule has 2 aromatic carbocycles. The van der Waals surface area contributed by atoms with Gasteiger partial charge in [-0.15, -0.1) is 0 Å². The van der Waals surface area contributed by atoms with Crippen LogP contribution in [0.5, 0.6) is 0 Å². The van der Waals surface area contributed by atoms with Crippen LogP contribution in [0, 0.1) is 5.82 Å². The third-order valence-electron chi connectivity index (χ3n) is 6.30. The number of rotatable bonds is 7. The first kappa shape index (κ1) is 23.6. The first-order chi connectivity index (χ1) is 17.4. The molecule has 1 unspecified atom stereocenters. The number of amides is 1. The molecule has 1 atom stereocenters. The zero-order chi connectivity index (χ0) is 25.2. The van der Waals surface area contributed by atoms with E-state index in [4.69, 9.17) is 4.74 Å². The average Bonchev–Trinajstić information content (AvgIpc) is 3.33. The lowest BCUT2D eigenvalue weighted by Crippen LogP contribution is -2.26. The van der Waals surface area contributed by atoms with Gasteiger partial charge in [0, 0.05) is 43.8 Å². The van der Waals surface area contributed by atoms with Gasteiger partial charge in [-0.2, -0.15) is 5.10 Å². The highest BCUT2D eigenvalue weighted by atomic mass is 19.1. The van der Waals surface area contributed by atoms with Crippen molar-refractivity contribution in [3.8, 4) is 0 Å². The molecule has 1 aliphatic heterocycles. The molecule has 1 amide bonds. The molecule has 2 N–H and O–H groups in total. The number of aromatic nitrogens is 4. The molecule has 184 valence electrons. The third kappa shape index (κ3) is 4.67. The Bertz CT molecular complexity index is 1510. The summed E-state index contributed by atoms with van der Waals surface area (Å²) in [4.78, 5) is 35.7. The number of fused-ring (bicyclic) bond motifs is 2. The van der Waals surface area contributed by atoms with Crippen molar-refractivity contribution in [1.29, 1.82) is 0 Å². The number of ether oxygens (including phenoxy) is 1. The maximum Gasteiger partial charge on any atom is 0.272 e. The van der Waals surface area contributed by atoms with Gasteiger partial charge in [0.25, 0.3) is 11.5 Å². The number of halogens is 1. The molecule has 0 saturated carbocycles. The van der Waals surface area contributed by atoms with Crippen molar-refractivity contribution in [2.75, 3.05) is 19.0 Å². The van der Waals surface area contributed by atoms with E-state index in [1.54, 1.807) is 42.5 Å². The van der Waals surface area contributed by atoms with Crippen LogP contribution in [0.3, 0.4) is 0 Å². The highest BCUT2D eigenvalue weighted by molar-refractivity contribution is 5.95. The minimum atomic E-state index is -0.596. The van der Waals surface area contributed by atoms with Crippen molar-refractivity contribution < 1.29 is 13.9 Å². The molecule has 10 heteroatoms. The van der Waals surface area contributed by atoms with Crippen molar-refractivity contribution in [2.24, 2.45) is 0 Å². The molecule has 2 aromatic heterocycles. The maximum atomic E-state index is 14.8. The summed E-state index contributed by atoms with van der Waals surface area (Å²) in [6.07, 6.45) is 2.02. The van der Waals surface area contributed by atoms with Gasteiger partial charge in [-0.05, 0) is 30.7 Å². The van der Waals surface area contributed by atoms with Crippen LogP contribution in [-0.2, 0) is 24.2 Å². The van der Waals surface area contributed by atoms with Crippen LogP contribution >= 0.6 is 0 Å². The lowest BCUT2D eigenvalue weighted by molar-refractivity contribution is 0.0745. The Morgan fingerprint density at radius 2 is 2.03 bits per heavy atom. The second kappa shape index (κ2) is 9.82. The molecule has 0 aliphatic carbocycles. The minimum absolute atomic E-state index is 0.000459. The molecular formula is C26H25FN6O3. The summed E-state index contributed by atoms with van der Waals surface area (Å²) >= 11 is 0. The largest absolute Gasteiger partial charge is 0.380 e. The lowest BCUT2D eigenvalue weighted by atomic mass is 10.0. The van der Waals surface area contributed by atoms with Crippen LogP contribution in [0.1, 0.15) is 39.8 Å². The summed E-state index contributed by atoms with van der Waals surface area (Å²) in [5, 5.41) is 11.1. The fourth-order valence-electron chi connectivity index (χ4n) is 4.22. The Hall–Kier alpha value is -4.18. The van der Waals surface area contributed by atoms with Gasteiger partial charge in [0.05, 0.1) is 35.0 Å². The fraction of sp³-hybridized carbons (Fsp3) is 0.269. The van der Waals surface area contributed by atoms with E-state index in [1.807, 2.05) is 19.1 Å². The van der Waals surface area contributed by atoms with Gasteiger partial charge < -0.3 is 15.0 Å². The smallest absolute Gasteiger partial charge is 0.272 e. The Labute approximate surface area is 206 Å². The molecule has 0 saturated heterocycles. The van der Waals surface area contributed by atoms with Gasteiger partial charge in [-0.3, -0.25) is 9.59 Å². The van der Waals surface area contributed by atoms with Gasteiger partial charge in [-0.25, -0.2) is 19.5 Å². The summed E-state index contributed by atoms with van der Waals surface area (Å²) in [7, 11) is 1.63. The second-order valence-corrected chi connectivity index (χ2v) is 8.79. The van der Waals surface area contributed by atoms with Gasteiger partial charge >= 0.3 is 0 Å². The normalized spacial score (nSPS) is 13.6. The van der Waals surface area contributed by atoms with E-state index in [0.717, 1.165) is 16.6 Å². The Balaban J connectivity index is 1.35. The summed E-state index contributed by atoms with van der Waals surface area (Å²) in [5.41, 5.74) is 2.61. The predicted molar refractivity (Wildman–Crippen MR) is 132 cm³/mol. The maximum absolute atomic E-state index is 14.8. The number of benzene rings is 2. The van der Waals surface area contributed by atoms with Crippen LogP contribution in [0.25, 0.3) is 10.8 Å². The predicted octanol–water partition coefficient (Wildman–Crippen LogP) is 3.05. The first-order valence-corrected chi connectivity index (χ1v) is 11.6. The van der Waals surface area contributed by atoms with Crippen molar-refractivity contribution in [1.82, 2.24) is 25.1 Å². The van der Waals surface area contributed by atoms with Crippen molar-refractivity contribution >= 4 is 22.6 Å². The lowest BCUT2D eigenvalue weighted by Gasteiger charge is -2.16. The SMILES string of the molecule is COC(C)CNc1ncc2c(n1)CN(C(=O)c1cc(Cc3n[nH]c(=O)c4ccccc34)ccc1F)C2. The summed E-state index contributed by atoms with van der Waals surface area (Å²) in [5.74, 6) is -0.559. The number of H-pyrrole nitrogens is 1. The molecule has 5 rings (SSSR count). The standard InChI is InChI=1S/C26H25FN6O3/c1-15(36-2)11-28-26-29-12-17-13-33(14-23(17)30-26)25(35)20-9-16(7-8-21(20)27)10-22-18-5-3-4-6-19(18)24(34)32-31-22/h3-9,12,15H,10-11,13-14H2,1-2H3,(H,32,34)(H,28,29,30).